The fourth-order valence-corrected chi connectivity index (χ4v) is 4.48. The highest BCUT2D eigenvalue weighted by molar-refractivity contribution is 6.09. The van der Waals surface area contributed by atoms with Crippen LogP contribution in [0, 0.1) is 0 Å². The molecule has 1 spiro atoms. The molecular weight excluding hydrogens is 378 g/mol. The molecule has 1 saturated carbocycles. The van der Waals surface area contributed by atoms with Gasteiger partial charge in [-0.2, -0.15) is 0 Å². The van der Waals surface area contributed by atoms with E-state index in [0.717, 1.165) is 35.3 Å². The lowest BCUT2D eigenvalue weighted by molar-refractivity contribution is -0.136. The summed E-state index contributed by atoms with van der Waals surface area (Å²) in [7, 11) is 0. The van der Waals surface area contributed by atoms with Crippen LogP contribution in [0.5, 0.6) is 0 Å². The molecule has 6 heteroatoms. The molecule has 0 radical (unpaired) electrons. The van der Waals surface area contributed by atoms with E-state index < -0.39 is 11.6 Å². The number of nitrogens with zero attached hydrogens (tertiary/aromatic N) is 1. The Kier molecular flexibility index (Phi) is 5.84. The molecule has 2 aromatic rings. The third kappa shape index (κ3) is 4.22. The van der Waals surface area contributed by atoms with Crippen molar-refractivity contribution in [1.82, 2.24) is 15.5 Å². The maximum Gasteiger partial charge on any atom is 0.325 e. The Bertz CT molecular complexity index is 908. The van der Waals surface area contributed by atoms with E-state index in [0.29, 0.717) is 19.3 Å². The summed E-state index contributed by atoms with van der Waals surface area (Å²) in [5.74, 6) is -0.599. The molecule has 4 rings (SSSR count). The minimum atomic E-state index is -0.807. The topological polar surface area (TPSA) is 78.5 Å². The molecule has 156 valence electrons. The molecule has 2 fully saturated rings. The molecule has 2 aromatic carbocycles. The Labute approximate surface area is 176 Å². The van der Waals surface area contributed by atoms with Gasteiger partial charge in [-0.15, -0.1) is 0 Å². The highest BCUT2D eigenvalue weighted by Gasteiger charge is 2.51. The minimum Gasteiger partial charge on any atom is -0.347 e. The summed E-state index contributed by atoms with van der Waals surface area (Å²) in [6, 6.07) is 19.0. The van der Waals surface area contributed by atoms with Gasteiger partial charge in [0.25, 0.3) is 5.91 Å². The zero-order valence-electron chi connectivity index (χ0n) is 17.0. The maximum absolute atomic E-state index is 12.9. The standard InChI is InChI=1S/C24H27N3O3/c28-21(17-27-22(29)24(26-23(27)30)14-8-3-9-15-24)25-20(19-12-6-2-7-13-19)16-18-10-4-1-5-11-18/h1-2,4-7,10-13,20H,3,8-9,14-17H2,(H,25,28)(H,26,30)/t20-/m1/s1. The number of imide groups is 1. The predicted molar refractivity (Wildman–Crippen MR) is 114 cm³/mol. The lowest BCUT2D eigenvalue weighted by Crippen LogP contribution is -2.49. The summed E-state index contributed by atoms with van der Waals surface area (Å²) in [4.78, 5) is 39.3. The molecule has 2 N–H and O–H groups in total. The number of amides is 4. The van der Waals surface area contributed by atoms with Crippen LogP contribution in [0.2, 0.25) is 0 Å². The van der Waals surface area contributed by atoms with Gasteiger partial charge in [0.15, 0.2) is 0 Å². The number of carbonyl (C=O) groups excluding carboxylic acids is 3. The first kappa shape index (κ1) is 20.1. The van der Waals surface area contributed by atoms with Gasteiger partial charge in [-0.3, -0.25) is 14.5 Å². The van der Waals surface area contributed by atoms with Gasteiger partial charge in [-0.05, 0) is 30.4 Å². The third-order valence-electron chi connectivity index (χ3n) is 6.07. The number of rotatable bonds is 6. The van der Waals surface area contributed by atoms with Crippen LogP contribution < -0.4 is 10.6 Å². The summed E-state index contributed by atoms with van der Waals surface area (Å²) in [6.07, 6.45) is 4.83. The van der Waals surface area contributed by atoms with E-state index in [9.17, 15) is 14.4 Å². The normalized spacial score (nSPS) is 18.9. The second-order valence-corrected chi connectivity index (χ2v) is 8.18. The number of hydrogen-bond donors (Lipinski definition) is 2. The molecule has 0 bridgehead atoms. The quantitative estimate of drug-likeness (QED) is 0.724. The molecule has 1 heterocycles. The number of benzene rings is 2. The Hall–Kier alpha value is -3.15. The summed E-state index contributed by atoms with van der Waals surface area (Å²) in [5, 5.41) is 5.89. The van der Waals surface area contributed by atoms with E-state index >= 15 is 0 Å². The van der Waals surface area contributed by atoms with Crippen molar-refractivity contribution >= 4 is 17.8 Å². The number of nitrogens with one attached hydrogen (secondary N) is 2. The predicted octanol–water partition coefficient (Wildman–Crippen LogP) is 3.34. The van der Waals surface area contributed by atoms with Crippen molar-refractivity contribution in [2.75, 3.05) is 6.54 Å². The van der Waals surface area contributed by atoms with Crippen molar-refractivity contribution in [3.8, 4) is 0 Å². The van der Waals surface area contributed by atoms with Crippen molar-refractivity contribution in [3.63, 3.8) is 0 Å². The Morgan fingerprint density at radius 2 is 1.60 bits per heavy atom. The molecule has 1 aliphatic carbocycles. The fraction of sp³-hybridized carbons (Fsp3) is 0.375. The van der Waals surface area contributed by atoms with Crippen molar-refractivity contribution in [3.05, 3.63) is 71.8 Å². The molecule has 4 amide bonds. The smallest absolute Gasteiger partial charge is 0.325 e. The van der Waals surface area contributed by atoms with E-state index in [1.165, 1.54) is 0 Å². The van der Waals surface area contributed by atoms with Crippen LogP contribution in [-0.2, 0) is 16.0 Å². The van der Waals surface area contributed by atoms with E-state index in [1.54, 1.807) is 0 Å². The molecule has 1 saturated heterocycles. The van der Waals surface area contributed by atoms with Crippen molar-refractivity contribution in [2.45, 2.75) is 50.1 Å². The van der Waals surface area contributed by atoms with E-state index in [-0.39, 0.29) is 24.4 Å². The molecule has 0 aromatic heterocycles. The zero-order valence-corrected chi connectivity index (χ0v) is 17.0. The second kappa shape index (κ2) is 8.69. The average Bonchev–Trinajstić information content (AvgIpc) is 2.99. The Morgan fingerprint density at radius 3 is 2.27 bits per heavy atom. The average molecular weight is 405 g/mol. The third-order valence-corrected chi connectivity index (χ3v) is 6.07. The van der Waals surface area contributed by atoms with E-state index in [1.807, 2.05) is 60.7 Å². The first-order valence-corrected chi connectivity index (χ1v) is 10.6. The lowest BCUT2D eigenvalue weighted by Gasteiger charge is -2.30. The maximum atomic E-state index is 12.9. The van der Waals surface area contributed by atoms with Gasteiger partial charge in [0.2, 0.25) is 5.91 Å². The number of urea groups is 1. The summed E-state index contributed by atoms with van der Waals surface area (Å²) < 4.78 is 0. The summed E-state index contributed by atoms with van der Waals surface area (Å²) >= 11 is 0. The summed E-state index contributed by atoms with van der Waals surface area (Å²) in [6.45, 7) is -0.259. The molecule has 2 aliphatic rings. The van der Waals surface area contributed by atoms with Gasteiger partial charge >= 0.3 is 6.03 Å². The Balaban J connectivity index is 1.46. The van der Waals surface area contributed by atoms with Crippen molar-refractivity contribution in [2.24, 2.45) is 0 Å². The van der Waals surface area contributed by atoms with Gasteiger partial charge < -0.3 is 10.6 Å². The summed E-state index contributed by atoms with van der Waals surface area (Å²) in [5.41, 5.74) is 1.27. The van der Waals surface area contributed by atoms with Crippen molar-refractivity contribution in [1.29, 1.82) is 0 Å². The van der Waals surface area contributed by atoms with E-state index in [4.69, 9.17) is 0 Å². The van der Waals surface area contributed by atoms with Gasteiger partial charge in [0.1, 0.15) is 12.1 Å². The molecule has 30 heavy (non-hydrogen) atoms. The Morgan fingerprint density at radius 1 is 0.967 bits per heavy atom. The molecule has 1 aliphatic heterocycles. The number of carbonyl (C=O) groups is 3. The highest BCUT2D eigenvalue weighted by Crippen LogP contribution is 2.33. The fourth-order valence-electron chi connectivity index (χ4n) is 4.48. The molecule has 0 unspecified atom stereocenters. The second-order valence-electron chi connectivity index (χ2n) is 8.18. The van der Waals surface area contributed by atoms with Crippen LogP contribution in [0.3, 0.4) is 0 Å². The van der Waals surface area contributed by atoms with Gasteiger partial charge in [0.05, 0.1) is 6.04 Å². The molecule has 1 atom stereocenters. The zero-order chi connectivity index (χ0) is 21.0. The van der Waals surface area contributed by atoms with Crippen LogP contribution in [0.15, 0.2) is 60.7 Å². The van der Waals surface area contributed by atoms with Gasteiger partial charge in [-0.25, -0.2) is 4.79 Å². The molecule has 6 nitrogen and oxygen atoms in total. The van der Waals surface area contributed by atoms with Crippen LogP contribution in [-0.4, -0.2) is 34.8 Å². The monoisotopic (exact) mass is 405 g/mol. The number of hydrogen-bond acceptors (Lipinski definition) is 3. The largest absolute Gasteiger partial charge is 0.347 e. The van der Waals surface area contributed by atoms with Crippen LogP contribution in [0.25, 0.3) is 0 Å². The molecular formula is C24H27N3O3. The van der Waals surface area contributed by atoms with Gasteiger partial charge in [-0.1, -0.05) is 79.9 Å². The van der Waals surface area contributed by atoms with Crippen LogP contribution >= 0.6 is 0 Å². The van der Waals surface area contributed by atoms with Crippen molar-refractivity contribution < 1.29 is 14.4 Å². The first-order valence-electron chi connectivity index (χ1n) is 10.6. The first-order chi connectivity index (χ1) is 14.6. The highest BCUT2D eigenvalue weighted by atomic mass is 16.2. The van der Waals surface area contributed by atoms with E-state index in [2.05, 4.69) is 10.6 Å². The SMILES string of the molecule is O=C(CN1C(=O)NC2(CCCCC2)C1=O)N[C@H](Cc1ccccc1)c1ccccc1. The van der Waals surface area contributed by atoms with Gasteiger partial charge in [0, 0.05) is 0 Å². The van der Waals surface area contributed by atoms with Crippen LogP contribution in [0.1, 0.15) is 49.3 Å². The van der Waals surface area contributed by atoms with Crippen LogP contribution in [0.4, 0.5) is 4.79 Å². The lowest BCUT2D eigenvalue weighted by atomic mass is 9.82. The minimum absolute atomic E-state index is 0.245.